The van der Waals surface area contributed by atoms with Gasteiger partial charge in [-0.05, 0) is 50.2 Å². The van der Waals surface area contributed by atoms with Crippen LogP contribution < -0.4 is 5.32 Å². The van der Waals surface area contributed by atoms with Crippen molar-refractivity contribution in [1.29, 1.82) is 0 Å². The van der Waals surface area contributed by atoms with Crippen LogP contribution in [0, 0.1) is 0 Å². The number of benzene rings is 2. The maximum absolute atomic E-state index is 5.63. The Morgan fingerprint density at radius 1 is 1.00 bits per heavy atom. The Balaban J connectivity index is 1.84. The molecule has 3 heteroatoms. The van der Waals surface area contributed by atoms with Gasteiger partial charge in [0, 0.05) is 10.3 Å². The average molecular weight is 297 g/mol. The molecule has 2 nitrogen and oxygen atoms in total. The third-order valence-electron chi connectivity index (χ3n) is 3.51. The first kappa shape index (κ1) is 14.2. The van der Waals surface area contributed by atoms with E-state index in [1.165, 1.54) is 20.7 Å². The highest BCUT2D eigenvalue weighted by Gasteiger charge is 2.09. The molecule has 3 aromatic rings. The van der Waals surface area contributed by atoms with E-state index >= 15 is 0 Å². The van der Waals surface area contributed by atoms with E-state index in [0.717, 1.165) is 25.0 Å². The molecule has 0 aliphatic heterocycles. The molecule has 0 spiro atoms. The van der Waals surface area contributed by atoms with Crippen LogP contribution in [0.1, 0.15) is 12.0 Å². The van der Waals surface area contributed by atoms with Gasteiger partial charge in [0.1, 0.15) is 11.8 Å². The summed E-state index contributed by atoms with van der Waals surface area (Å²) in [6.07, 6.45) is 4.11. The topological polar surface area (TPSA) is 25.2 Å². The lowest BCUT2D eigenvalue weighted by Gasteiger charge is -2.08. The van der Waals surface area contributed by atoms with Gasteiger partial charge >= 0.3 is 0 Å². The lowest BCUT2D eigenvalue weighted by molar-refractivity contribution is 0.608. The largest absolute Gasteiger partial charge is 0.463 e. The van der Waals surface area contributed by atoms with Gasteiger partial charge < -0.3 is 9.73 Å². The van der Waals surface area contributed by atoms with Crippen LogP contribution in [0.2, 0.25) is 0 Å². The van der Waals surface area contributed by atoms with E-state index in [1.54, 1.807) is 11.8 Å². The Hall–Kier alpha value is -1.71. The predicted octanol–water partition coefficient (Wildman–Crippen LogP) is 4.74. The summed E-state index contributed by atoms with van der Waals surface area (Å²) in [4.78, 5) is 2.51. The second-order valence-corrected chi connectivity index (χ2v) is 6.10. The SMILES string of the molecule is CNCCCc1ccccc1Sc1coc2ccccc12. The molecule has 0 atom stereocenters. The van der Waals surface area contributed by atoms with E-state index in [9.17, 15) is 0 Å². The van der Waals surface area contributed by atoms with Crippen LogP contribution in [0.3, 0.4) is 0 Å². The second kappa shape index (κ2) is 6.83. The molecular formula is C18H19NOS. The Morgan fingerprint density at radius 3 is 2.71 bits per heavy atom. The quantitative estimate of drug-likeness (QED) is 0.665. The lowest BCUT2D eigenvalue weighted by Crippen LogP contribution is -2.08. The lowest BCUT2D eigenvalue weighted by atomic mass is 10.1. The number of aryl methyl sites for hydroxylation is 1. The molecule has 0 amide bonds. The molecule has 108 valence electrons. The third-order valence-corrected chi connectivity index (χ3v) is 4.67. The molecule has 0 aliphatic carbocycles. The Bertz CT molecular complexity index is 720. The predicted molar refractivity (Wildman–Crippen MR) is 89.0 cm³/mol. The first-order valence-electron chi connectivity index (χ1n) is 7.25. The van der Waals surface area contributed by atoms with Crippen molar-refractivity contribution in [2.75, 3.05) is 13.6 Å². The Labute approximate surface area is 129 Å². The minimum atomic E-state index is 0.952. The molecular weight excluding hydrogens is 278 g/mol. The summed E-state index contributed by atoms with van der Waals surface area (Å²) in [6.45, 7) is 1.05. The van der Waals surface area contributed by atoms with Crippen LogP contribution >= 0.6 is 11.8 Å². The van der Waals surface area contributed by atoms with E-state index in [-0.39, 0.29) is 0 Å². The molecule has 0 saturated heterocycles. The molecule has 0 saturated carbocycles. The van der Waals surface area contributed by atoms with Crippen molar-refractivity contribution in [2.24, 2.45) is 0 Å². The zero-order valence-corrected chi connectivity index (χ0v) is 13.0. The number of rotatable bonds is 6. The van der Waals surface area contributed by atoms with Gasteiger partial charge in [-0.2, -0.15) is 0 Å². The standard InChI is InChI=1S/C18H19NOS/c1-19-12-6-8-14-7-2-5-11-17(14)21-18-13-20-16-10-4-3-9-15(16)18/h2-5,7,9-11,13,19H,6,8,12H2,1H3. The van der Waals surface area contributed by atoms with Crippen LogP contribution in [0.25, 0.3) is 11.0 Å². The number of para-hydroxylation sites is 1. The van der Waals surface area contributed by atoms with E-state index in [1.807, 2.05) is 25.4 Å². The Kier molecular flexibility index (Phi) is 4.63. The first-order valence-corrected chi connectivity index (χ1v) is 8.07. The normalized spacial score (nSPS) is 11.1. The number of hydrogen-bond donors (Lipinski definition) is 1. The maximum atomic E-state index is 5.63. The molecule has 0 bridgehead atoms. The van der Waals surface area contributed by atoms with E-state index in [2.05, 4.69) is 41.7 Å². The van der Waals surface area contributed by atoms with Gasteiger partial charge in [-0.25, -0.2) is 0 Å². The van der Waals surface area contributed by atoms with Crippen molar-refractivity contribution in [3.05, 3.63) is 60.4 Å². The number of nitrogens with one attached hydrogen (secondary N) is 1. The van der Waals surface area contributed by atoms with E-state index in [4.69, 9.17) is 4.42 Å². The van der Waals surface area contributed by atoms with Gasteiger partial charge in [-0.3, -0.25) is 0 Å². The molecule has 0 unspecified atom stereocenters. The van der Waals surface area contributed by atoms with Crippen molar-refractivity contribution in [3.8, 4) is 0 Å². The molecule has 21 heavy (non-hydrogen) atoms. The van der Waals surface area contributed by atoms with Crippen LogP contribution in [0.5, 0.6) is 0 Å². The summed E-state index contributed by atoms with van der Waals surface area (Å²) in [6, 6.07) is 16.8. The Morgan fingerprint density at radius 2 is 1.81 bits per heavy atom. The summed E-state index contributed by atoms with van der Waals surface area (Å²) in [5.41, 5.74) is 2.36. The van der Waals surface area contributed by atoms with Crippen LogP contribution in [-0.4, -0.2) is 13.6 Å². The van der Waals surface area contributed by atoms with Crippen LogP contribution in [0.4, 0.5) is 0 Å². The molecule has 0 aliphatic rings. The van der Waals surface area contributed by atoms with Crippen LogP contribution in [0.15, 0.2) is 69.0 Å². The van der Waals surface area contributed by atoms with Gasteiger partial charge in [-0.15, -0.1) is 0 Å². The fourth-order valence-corrected chi connectivity index (χ4v) is 3.48. The van der Waals surface area contributed by atoms with Crippen molar-refractivity contribution < 1.29 is 4.42 Å². The third kappa shape index (κ3) is 3.31. The molecule has 3 rings (SSSR count). The van der Waals surface area contributed by atoms with Crippen molar-refractivity contribution in [2.45, 2.75) is 22.6 Å². The monoisotopic (exact) mass is 297 g/mol. The van der Waals surface area contributed by atoms with Crippen molar-refractivity contribution in [3.63, 3.8) is 0 Å². The first-order chi connectivity index (χ1) is 10.4. The summed E-state index contributed by atoms with van der Waals surface area (Å²) in [5, 5.41) is 4.39. The zero-order chi connectivity index (χ0) is 14.5. The minimum absolute atomic E-state index is 0.952. The molecule has 1 aromatic heterocycles. The van der Waals surface area contributed by atoms with Gasteiger partial charge in [0.2, 0.25) is 0 Å². The number of fused-ring (bicyclic) bond motifs is 1. The zero-order valence-electron chi connectivity index (χ0n) is 12.1. The molecule has 0 fully saturated rings. The van der Waals surface area contributed by atoms with Crippen LogP contribution in [-0.2, 0) is 6.42 Å². The highest BCUT2D eigenvalue weighted by molar-refractivity contribution is 7.99. The van der Waals surface area contributed by atoms with E-state index < -0.39 is 0 Å². The fraction of sp³-hybridized carbons (Fsp3) is 0.222. The molecule has 2 aromatic carbocycles. The maximum Gasteiger partial charge on any atom is 0.135 e. The highest BCUT2D eigenvalue weighted by Crippen LogP contribution is 2.36. The smallest absolute Gasteiger partial charge is 0.135 e. The van der Waals surface area contributed by atoms with Gasteiger partial charge in [0.25, 0.3) is 0 Å². The van der Waals surface area contributed by atoms with Crippen molar-refractivity contribution >= 4 is 22.7 Å². The number of furan rings is 1. The summed E-state index contributed by atoms with van der Waals surface area (Å²) in [7, 11) is 2.00. The molecule has 0 radical (unpaired) electrons. The summed E-state index contributed by atoms with van der Waals surface area (Å²) >= 11 is 1.79. The molecule has 1 heterocycles. The fourth-order valence-electron chi connectivity index (χ4n) is 2.42. The number of hydrogen-bond acceptors (Lipinski definition) is 3. The average Bonchev–Trinajstić information content (AvgIpc) is 2.93. The van der Waals surface area contributed by atoms with Gasteiger partial charge in [-0.1, -0.05) is 42.1 Å². The second-order valence-electron chi connectivity index (χ2n) is 5.01. The van der Waals surface area contributed by atoms with Crippen molar-refractivity contribution in [1.82, 2.24) is 5.32 Å². The highest BCUT2D eigenvalue weighted by atomic mass is 32.2. The van der Waals surface area contributed by atoms with E-state index in [0.29, 0.717) is 0 Å². The van der Waals surface area contributed by atoms with Gasteiger partial charge in [0.15, 0.2) is 0 Å². The summed E-state index contributed by atoms with van der Waals surface area (Å²) < 4.78 is 5.63. The minimum Gasteiger partial charge on any atom is -0.463 e. The van der Waals surface area contributed by atoms with Gasteiger partial charge in [0.05, 0.1) is 4.90 Å². The molecule has 1 N–H and O–H groups in total. The summed E-state index contributed by atoms with van der Waals surface area (Å²) in [5.74, 6) is 0.